The minimum atomic E-state index is -3.26. The van der Waals surface area contributed by atoms with E-state index in [4.69, 9.17) is 16.6 Å². The molecule has 1 N–H and O–H groups in total. The first-order valence-corrected chi connectivity index (χ1v) is 13.1. The second kappa shape index (κ2) is 10.3. The average molecular weight is 478 g/mol. The van der Waals surface area contributed by atoms with Gasteiger partial charge in [-0.05, 0) is 62.9 Å². The Balaban J connectivity index is 1.80. The standard InChI is InChI=1S/C24H32ClN3O3S/c1-4-5-15-32(30,31)28-13-11-24(12-14-28,22-8-6-7-19(3)27-22)17-26-23(29)20-10-9-18(2)16-21(20)25/h6-10,16H,4-5,11-15,17H2,1-3H3,(H,26,29). The van der Waals surface area contributed by atoms with Crippen molar-refractivity contribution in [3.63, 3.8) is 0 Å². The van der Waals surface area contributed by atoms with Gasteiger partial charge in [-0.15, -0.1) is 0 Å². The van der Waals surface area contributed by atoms with Crippen LogP contribution in [0.4, 0.5) is 0 Å². The number of rotatable bonds is 8. The van der Waals surface area contributed by atoms with E-state index >= 15 is 0 Å². The number of halogens is 1. The molecule has 2 aromatic rings. The number of carbonyl (C=O) groups excluding carboxylic acids is 1. The van der Waals surface area contributed by atoms with Crippen LogP contribution in [0, 0.1) is 13.8 Å². The second-order valence-electron chi connectivity index (χ2n) is 8.68. The number of carbonyl (C=O) groups is 1. The minimum Gasteiger partial charge on any atom is -0.351 e. The molecule has 0 unspecified atom stereocenters. The van der Waals surface area contributed by atoms with Gasteiger partial charge in [-0.3, -0.25) is 9.78 Å². The third-order valence-electron chi connectivity index (χ3n) is 6.22. The molecule has 1 aromatic heterocycles. The van der Waals surface area contributed by atoms with E-state index in [0.717, 1.165) is 23.4 Å². The van der Waals surface area contributed by atoms with E-state index in [0.29, 0.717) is 49.5 Å². The summed E-state index contributed by atoms with van der Waals surface area (Å²) < 4.78 is 27.0. The van der Waals surface area contributed by atoms with Crippen molar-refractivity contribution in [2.24, 2.45) is 0 Å². The fraction of sp³-hybridized carbons (Fsp3) is 0.500. The predicted molar refractivity (Wildman–Crippen MR) is 129 cm³/mol. The number of unbranched alkanes of at least 4 members (excludes halogenated alkanes) is 1. The molecule has 3 rings (SSSR count). The Bertz CT molecular complexity index is 1060. The Hall–Kier alpha value is -1.96. The normalized spacial score (nSPS) is 16.6. The summed E-state index contributed by atoms with van der Waals surface area (Å²) in [4.78, 5) is 17.6. The molecular formula is C24H32ClN3O3S. The monoisotopic (exact) mass is 477 g/mol. The lowest BCUT2D eigenvalue weighted by atomic mass is 9.75. The number of nitrogens with zero attached hydrogens (tertiary/aromatic N) is 2. The summed E-state index contributed by atoms with van der Waals surface area (Å²) in [6, 6.07) is 11.2. The quantitative estimate of drug-likeness (QED) is 0.616. The molecule has 0 aliphatic carbocycles. The summed E-state index contributed by atoms with van der Waals surface area (Å²) in [5.74, 6) is -0.0537. The lowest BCUT2D eigenvalue weighted by Gasteiger charge is -2.41. The summed E-state index contributed by atoms with van der Waals surface area (Å²) >= 11 is 6.28. The smallest absolute Gasteiger partial charge is 0.252 e. The zero-order valence-corrected chi connectivity index (χ0v) is 20.6. The highest BCUT2D eigenvalue weighted by atomic mass is 35.5. The van der Waals surface area contributed by atoms with E-state index in [-0.39, 0.29) is 11.7 Å². The summed E-state index contributed by atoms with van der Waals surface area (Å²) in [5.41, 5.74) is 2.77. The molecule has 1 aliphatic heterocycles. The fourth-order valence-electron chi connectivity index (χ4n) is 4.16. The third kappa shape index (κ3) is 5.69. The molecule has 0 bridgehead atoms. The Labute approximate surface area is 196 Å². The number of hydrogen-bond acceptors (Lipinski definition) is 4. The second-order valence-corrected chi connectivity index (χ2v) is 11.2. The molecule has 1 amide bonds. The molecule has 1 saturated heterocycles. The van der Waals surface area contributed by atoms with Crippen LogP contribution in [-0.4, -0.2) is 49.0 Å². The molecule has 6 nitrogen and oxygen atoms in total. The Morgan fingerprint density at radius 1 is 1.19 bits per heavy atom. The molecule has 1 aromatic carbocycles. The number of aryl methyl sites for hydroxylation is 2. The van der Waals surface area contributed by atoms with Gasteiger partial charge in [0.15, 0.2) is 0 Å². The van der Waals surface area contributed by atoms with E-state index < -0.39 is 15.4 Å². The van der Waals surface area contributed by atoms with E-state index in [9.17, 15) is 13.2 Å². The molecule has 1 fully saturated rings. The van der Waals surface area contributed by atoms with Gasteiger partial charge in [0, 0.05) is 36.4 Å². The summed E-state index contributed by atoms with van der Waals surface area (Å²) in [7, 11) is -3.26. The van der Waals surface area contributed by atoms with Crippen LogP contribution in [0.1, 0.15) is 59.9 Å². The van der Waals surface area contributed by atoms with Gasteiger partial charge in [-0.1, -0.05) is 37.1 Å². The molecule has 1 aliphatic rings. The number of piperidine rings is 1. The van der Waals surface area contributed by atoms with Crippen molar-refractivity contribution >= 4 is 27.5 Å². The van der Waals surface area contributed by atoms with Crippen LogP contribution in [0.5, 0.6) is 0 Å². The number of nitrogens with one attached hydrogen (secondary N) is 1. The predicted octanol–water partition coefficient (Wildman–Crippen LogP) is 4.25. The van der Waals surface area contributed by atoms with Crippen molar-refractivity contribution in [2.45, 2.75) is 51.9 Å². The molecule has 0 radical (unpaired) electrons. The van der Waals surface area contributed by atoms with Gasteiger partial charge in [0.1, 0.15) is 0 Å². The number of amides is 1. The van der Waals surface area contributed by atoms with E-state index in [1.54, 1.807) is 16.4 Å². The van der Waals surface area contributed by atoms with Gasteiger partial charge in [0.2, 0.25) is 10.0 Å². The van der Waals surface area contributed by atoms with Crippen LogP contribution in [0.3, 0.4) is 0 Å². The van der Waals surface area contributed by atoms with Crippen molar-refractivity contribution in [1.29, 1.82) is 0 Å². The largest absolute Gasteiger partial charge is 0.351 e. The molecular weight excluding hydrogens is 446 g/mol. The highest BCUT2D eigenvalue weighted by Crippen LogP contribution is 2.35. The topological polar surface area (TPSA) is 79.4 Å². The third-order valence-corrected chi connectivity index (χ3v) is 8.49. The number of hydrogen-bond donors (Lipinski definition) is 1. The van der Waals surface area contributed by atoms with Crippen LogP contribution >= 0.6 is 11.6 Å². The Morgan fingerprint density at radius 2 is 1.91 bits per heavy atom. The number of sulfonamides is 1. The van der Waals surface area contributed by atoms with Gasteiger partial charge in [-0.25, -0.2) is 12.7 Å². The van der Waals surface area contributed by atoms with Crippen LogP contribution in [-0.2, 0) is 15.4 Å². The molecule has 8 heteroatoms. The summed E-state index contributed by atoms with van der Waals surface area (Å²) in [6.45, 7) is 7.06. The summed E-state index contributed by atoms with van der Waals surface area (Å²) in [5, 5.41) is 3.46. The van der Waals surface area contributed by atoms with Crippen LogP contribution in [0.2, 0.25) is 5.02 Å². The van der Waals surface area contributed by atoms with E-state index in [1.165, 1.54) is 0 Å². The van der Waals surface area contributed by atoms with Gasteiger partial charge in [0.05, 0.1) is 16.3 Å². The minimum absolute atomic E-state index is 0.182. The molecule has 0 spiro atoms. The van der Waals surface area contributed by atoms with Crippen molar-refractivity contribution in [1.82, 2.24) is 14.6 Å². The Morgan fingerprint density at radius 3 is 2.53 bits per heavy atom. The van der Waals surface area contributed by atoms with Gasteiger partial charge >= 0.3 is 0 Å². The maximum absolute atomic E-state index is 12.9. The maximum atomic E-state index is 12.9. The average Bonchev–Trinajstić information content (AvgIpc) is 2.76. The van der Waals surface area contributed by atoms with E-state index in [1.807, 2.05) is 45.0 Å². The fourth-order valence-corrected chi connectivity index (χ4v) is 6.13. The maximum Gasteiger partial charge on any atom is 0.252 e. The van der Waals surface area contributed by atoms with Crippen molar-refractivity contribution in [3.8, 4) is 0 Å². The van der Waals surface area contributed by atoms with Crippen LogP contribution < -0.4 is 5.32 Å². The zero-order valence-electron chi connectivity index (χ0n) is 19.0. The van der Waals surface area contributed by atoms with Crippen molar-refractivity contribution in [3.05, 3.63) is 63.9 Å². The highest BCUT2D eigenvalue weighted by Gasteiger charge is 2.40. The van der Waals surface area contributed by atoms with Crippen molar-refractivity contribution in [2.75, 3.05) is 25.4 Å². The van der Waals surface area contributed by atoms with Crippen molar-refractivity contribution < 1.29 is 13.2 Å². The first-order valence-electron chi connectivity index (χ1n) is 11.1. The molecule has 174 valence electrons. The highest BCUT2D eigenvalue weighted by molar-refractivity contribution is 7.89. The molecule has 0 saturated carbocycles. The number of benzene rings is 1. The molecule has 0 atom stereocenters. The van der Waals surface area contributed by atoms with E-state index in [2.05, 4.69) is 5.32 Å². The Kier molecular flexibility index (Phi) is 7.96. The number of pyridine rings is 1. The van der Waals surface area contributed by atoms with Crippen LogP contribution in [0.25, 0.3) is 0 Å². The van der Waals surface area contributed by atoms with Gasteiger partial charge in [-0.2, -0.15) is 0 Å². The summed E-state index contributed by atoms with van der Waals surface area (Å²) in [6.07, 6.45) is 2.70. The van der Waals surface area contributed by atoms with Gasteiger partial charge in [0.25, 0.3) is 5.91 Å². The molecule has 2 heterocycles. The lowest BCUT2D eigenvalue weighted by molar-refractivity contribution is 0.0932. The number of aromatic nitrogens is 1. The first kappa shape index (κ1) is 24.7. The molecule has 32 heavy (non-hydrogen) atoms. The zero-order chi connectivity index (χ0) is 23.4. The van der Waals surface area contributed by atoms with Crippen LogP contribution in [0.15, 0.2) is 36.4 Å². The lowest BCUT2D eigenvalue weighted by Crippen LogP contribution is -2.51. The SMILES string of the molecule is CCCCS(=O)(=O)N1CCC(CNC(=O)c2ccc(C)cc2Cl)(c2cccc(C)n2)CC1. The van der Waals surface area contributed by atoms with Gasteiger partial charge < -0.3 is 5.32 Å². The first-order chi connectivity index (χ1) is 15.2.